The van der Waals surface area contributed by atoms with Gasteiger partial charge in [0.2, 0.25) is 0 Å². The Kier molecular flexibility index (Phi) is 6.57. The Morgan fingerprint density at radius 3 is 1.88 bits per heavy atom. The fourth-order valence-corrected chi connectivity index (χ4v) is 1.63. The van der Waals surface area contributed by atoms with Gasteiger partial charge in [-0.1, -0.05) is 41.5 Å². The summed E-state index contributed by atoms with van der Waals surface area (Å²) < 4.78 is 0. The third-order valence-electron chi connectivity index (χ3n) is 4.48. The van der Waals surface area contributed by atoms with Gasteiger partial charge in [-0.2, -0.15) is 0 Å². The van der Waals surface area contributed by atoms with Crippen molar-refractivity contribution < 1.29 is 5.11 Å². The summed E-state index contributed by atoms with van der Waals surface area (Å²) >= 11 is 0. The average Bonchev–Trinajstić information content (AvgIpc) is 2.25. The van der Waals surface area contributed by atoms with E-state index in [4.69, 9.17) is 0 Å². The second-order valence-electron chi connectivity index (χ2n) is 6.11. The monoisotopic (exact) mass is 229 g/mol. The summed E-state index contributed by atoms with van der Waals surface area (Å²) in [6, 6.07) is 0. The summed E-state index contributed by atoms with van der Waals surface area (Å²) in [5, 5.41) is 13.0. The van der Waals surface area contributed by atoms with Crippen LogP contribution in [-0.4, -0.2) is 24.8 Å². The van der Waals surface area contributed by atoms with Gasteiger partial charge in [0.15, 0.2) is 0 Å². The van der Waals surface area contributed by atoms with Crippen LogP contribution in [0.25, 0.3) is 0 Å². The van der Waals surface area contributed by atoms with Crippen LogP contribution in [0.5, 0.6) is 0 Å². The van der Waals surface area contributed by atoms with Crippen LogP contribution >= 0.6 is 0 Å². The molecule has 2 N–H and O–H groups in total. The van der Waals surface area contributed by atoms with Gasteiger partial charge in [0.1, 0.15) is 0 Å². The quantitative estimate of drug-likeness (QED) is 0.670. The van der Waals surface area contributed by atoms with Crippen molar-refractivity contribution in [2.75, 3.05) is 19.7 Å². The largest absolute Gasteiger partial charge is 0.396 e. The third-order valence-corrected chi connectivity index (χ3v) is 4.48. The first-order chi connectivity index (χ1) is 7.33. The first kappa shape index (κ1) is 15.9. The van der Waals surface area contributed by atoms with Gasteiger partial charge in [-0.25, -0.2) is 0 Å². The Morgan fingerprint density at radius 2 is 1.56 bits per heavy atom. The minimum atomic E-state index is 0.0764. The number of nitrogens with one attached hydrogen (secondary N) is 1. The maximum atomic E-state index is 9.48. The molecule has 0 fully saturated rings. The maximum absolute atomic E-state index is 9.48. The average molecular weight is 229 g/mol. The van der Waals surface area contributed by atoms with Crippen molar-refractivity contribution in [3.63, 3.8) is 0 Å². The van der Waals surface area contributed by atoms with E-state index < -0.39 is 0 Å². The van der Waals surface area contributed by atoms with Crippen LogP contribution < -0.4 is 5.32 Å². The lowest BCUT2D eigenvalue weighted by atomic mass is 9.79. The summed E-state index contributed by atoms with van der Waals surface area (Å²) in [6.07, 6.45) is 2.07. The lowest BCUT2D eigenvalue weighted by molar-refractivity contribution is 0.106. The van der Waals surface area contributed by atoms with Crippen molar-refractivity contribution in [1.29, 1.82) is 0 Å². The molecule has 0 radical (unpaired) electrons. The summed E-state index contributed by atoms with van der Waals surface area (Å²) in [5.74, 6) is 0.673. The number of aliphatic hydroxyl groups excluding tert-OH is 1. The molecule has 0 heterocycles. The van der Waals surface area contributed by atoms with E-state index >= 15 is 0 Å². The second kappa shape index (κ2) is 6.61. The topological polar surface area (TPSA) is 32.3 Å². The molecule has 2 heteroatoms. The van der Waals surface area contributed by atoms with Gasteiger partial charge in [0.25, 0.3) is 0 Å². The molecule has 0 saturated carbocycles. The first-order valence-corrected chi connectivity index (χ1v) is 6.65. The van der Waals surface area contributed by atoms with Gasteiger partial charge in [-0.05, 0) is 24.2 Å². The number of aliphatic hydroxyl groups is 1. The maximum Gasteiger partial charge on any atom is 0.0499 e. The highest BCUT2D eigenvalue weighted by atomic mass is 16.3. The number of hydrogen-bond donors (Lipinski definition) is 2. The second-order valence-corrected chi connectivity index (χ2v) is 6.11. The molecule has 0 amide bonds. The SMILES string of the molecule is CCC(CC)(CO)CNCC(C)(C)C(C)C. The highest BCUT2D eigenvalue weighted by molar-refractivity contribution is 4.81. The van der Waals surface area contributed by atoms with E-state index in [0.29, 0.717) is 11.3 Å². The minimum Gasteiger partial charge on any atom is -0.396 e. The molecule has 0 aliphatic rings. The van der Waals surface area contributed by atoms with E-state index in [1.165, 1.54) is 0 Å². The van der Waals surface area contributed by atoms with Crippen molar-refractivity contribution in [3.8, 4) is 0 Å². The van der Waals surface area contributed by atoms with Gasteiger partial charge in [-0.3, -0.25) is 0 Å². The molecule has 0 saturated heterocycles. The first-order valence-electron chi connectivity index (χ1n) is 6.65. The van der Waals surface area contributed by atoms with E-state index in [1.807, 2.05) is 0 Å². The molecular weight excluding hydrogens is 198 g/mol. The third kappa shape index (κ3) is 4.42. The molecule has 0 aliphatic heterocycles. The normalized spacial score (nSPS) is 13.5. The summed E-state index contributed by atoms with van der Waals surface area (Å²) in [7, 11) is 0. The van der Waals surface area contributed by atoms with Crippen LogP contribution in [0, 0.1) is 16.7 Å². The molecule has 0 atom stereocenters. The van der Waals surface area contributed by atoms with Crippen molar-refractivity contribution in [2.45, 2.75) is 54.4 Å². The zero-order valence-electron chi connectivity index (χ0n) is 12.1. The van der Waals surface area contributed by atoms with Gasteiger partial charge in [0.05, 0.1) is 0 Å². The fourth-order valence-electron chi connectivity index (χ4n) is 1.63. The van der Waals surface area contributed by atoms with Gasteiger partial charge < -0.3 is 10.4 Å². The van der Waals surface area contributed by atoms with Crippen LogP contribution in [0.3, 0.4) is 0 Å². The van der Waals surface area contributed by atoms with Crippen LogP contribution in [0.15, 0.2) is 0 Å². The van der Waals surface area contributed by atoms with Crippen LogP contribution in [0.4, 0.5) is 0 Å². The summed E-state index contributed by atoms with van der Waals surface area (Å²) in [5.41, 5.74) is 0.399. The Bertz CT molecular complexity index is 175. The molecule has 0 aromatic rings. The summed E-state index contributed by atoms with van der Waals surface area (Å²) in [6.45, 7) is 15.7. The Hall–Kier alpha value is -0.0800. The molecule has 0 spiro atoms. The van der Waals surface area contributed by atoms with E-state index in [2.05, 4.69) is 46.9 Å². The molecular formula is C14H31NO. The Morgan fingerprint density at radius 1 is 1.06 bits per heavy atom. The summed E-state index contributed by atoms with van der Waals surface area (Å²) in [4.78, 5) is 0. The van der Waals surface area contributed by atoms with Crippen LogP contribution in [0.1, 0.15) is 54.4 Å². The van der Waals surface area contributed by atoms with Crippen molar-refractivity contribution in [1.82, 2.24) is 5.32 Å². The zero-order chi connectivity index (χ0) is 12.8. The van der Waals surface area contributed by atoms with Crippen molar-refractivity contribution in [2.24, 2.45) is 16.7 Å². The predicted octanol–water partition coefficient (Wildman–Crippen LogP) is 3.06. The van der Waals surface area contributed by atoms with E-state index in [1.54, 1.807) is 0 Å². The van der Waals surface area contributed by atoms with Gasteiger partial charge >= 0.3 is 0 Å². The number of rotatable bonds is 8. The van der Waals surface area contributed by atoms with E-state index in [-0.39, 0.29) is 12.0 Å². The van der Waals surface area contributed by atoms with Gasteiger partial charge in [0, 0.05) is 25.1 Å². The zero-order valence-corrected chi connectivity index (χ0v) is 12.1. The van der Waals surface area contributed by atoms with E-state index in [0.717, 1.165) is 25.9 Å². The van der Waals surface area contributed by atoms with Gasteiger partial charge in [-0.15, -0.1) is 0 Å². The molecule has 0 aromatic heterocycles. The molecule has 2 nitrogen and oxygen atoms in total. The van der Waals surface area contributed by atoms with Crippen molar-refractivity contribution >= 4 is 0 Å². The highest BCUT2D eigenvalue weighted by Gasteiger charge is 2.27. The lowest BCUT2D eigenvalue weighted by Gasteiger charge is -2.34. The molecule has 0 bridgehead atoms. The lowest BCUT2D eigenvalue weighted by Crippen LogP contribution is -2.41. The minimum absolute atomic E-state index is 0.0764. The smallest absolute Gasteiger partial charge is 0.0499 e. The Labute approximate surface area is 102 Å². The Balaban J connectivity index is 4.14. The van der Waals surface area contributed by atoms with Crippen LogP contribution in [-0.2, 0) is 0 Å². The van der Waals surface area contributed by atoms with Crippen molar-refractivity contribution in [3.05, 3.63) is 0 Å². The highest BCUT2D eigenvalue weighted by Crippen LogP contribution is 2.27. The molecule has 16 heavy (non-hydrogen) atoms. The fraction of sp³-hybridized carbons (Fsp3) is 1.00. The van der Waals surface area contributed by atoms with Crippen LogP contribution in [0.2, 0.25) is 0 Å². The number of hydrogen-bond acceptors (Lipinski definition) is 2. The molecule has 0 unspecified atom stereocenters. The molecule has 98 valence electrons. The molecule has 0 rings (SSSR count). The molecule has 0 aromatic carbocycles. The molecule has 0 aliphatic carbocycles. The predicted molar refractivity (Wildman–Crippen MR) is 71.6 cm³/mol. The standard InChI is InChI=1S/C14H31NO/c1-7-14(8-2,11-16)10-15-9-13(5,6)12(3)4/h12,15-16H,7-11H2,1-6H3. The van der Waals surface area contributed by atoms with E-state index in [9.17, 15) is 5.11 Å².